The van der Waals surface area contributed by atoms with Gasteiger partial charge < -0.3 is 15.8 Å². The van der Waals surface area contributed by atoms with Crippen molar-refractivity contribution in [2.24, 2.45) is 10.7 Å². The average molecular weight is 277 g/mol. The van der Waals surface area contributed by atoms with Gasteiger partial charge in [0.05, 0.1) is 12.7 Å². The van der Waals surface area contributed by atoms with Crippen LogP contribution in [0.5, 0.6) is 0 Å². The number of benzene rings is 1. The highest BCUT2D eigenvalue weighted by Gasteiger charge is 2.09. The Morgan fingerprint density at radius 3 is 2.40 bits per heavy atom. The van der Waals surface area contributed by atoms with Crippen LogP contribution >= 0.6 is 0 Å². The number of carbonyl (C=O) groups excluding carboxylic acids is 1. The van der Waals surface area contributed by atoms with Gasteiger partial charge in [0.25, 0.3) is 0 Å². The zero-order valence-corrected chi connectivity index (χ0v) is 12.6. The summed E-state index contributed by atoms with van der Waals surface area (Å²) in [6.07, 6.45) is 0.772. The van der Waals surface area contributed by atoms with E-state index in [1.807, 2.05) is 32.9 Å². The molecule has 0 saturated carbocycles. The third-order valence-corrected chi connectivity index (χ3v) is 2.56. The van der Waals surface area contributed by atoms with Crippen molar-refractivity contribution in [3.63, 3.8) is 0 Å². The maximum absolute atomic E-state index is 11.3. The molecule has 0 spiro atoms. The van der Waals surface area contributed by atoms with Crippen LogP contribution in [-0.2, 0) is 11.2 Å². The molecule has 0 atom stereocenters. The normalized spacial score (nSPS) is 12.1. The van der Waals surface area contributed by atoms with Crippen molar-refractivity contribution in [2.45, 2.75) is 32.7 Å². The van der Waals surface area contributed by atoms with E-state index in [4.69, 9.17) is 5.73 Å². The van der Waals surface area contributed by atoms with Crippen LogP contribution in [0.1, 0.15) is 36.7 Å². The van der Waals surface area contributed by atoms with Gasteiger partial charge in [0.2, 0.25) is 0 Å². The molecule has 110 valence electrons. The van der Waals surface area contributed by atoms with Crippen molar-refractivity contribution in [3.05, 3.63) is 35.4 Å². The maximum Gasteiger partial charge on any atom is 0.337 e. The molecule has 0 aliphatic heterocycles. The Labute approximate surface area is 120 Å². The molecule has 5 nitrogen and oxygen atoms in total. The summed E-state index contributed by atoms with van der Waals surface area (Å²) >= 11 is 0. The fraction of sp³-hybridized carbons (Fsp3) is 0.467. The second-order valence-corrected chi connectivity index (χ2v) is 5.58. The Morgan fingerprint density at radius 1 is 1.30 bits per heavy atom. The summed E-state index contributed by atoms with van der Waals surface area (Å²) in [5, 5.41) is 3.10. The summed E-state index contributed by atoms with van der Waals surface area (Å²) in [5.41, 5.74) is 7.35. The Morgan fingerprint density at radius 2 is 1.90 bits per heavy atom. The number of guanidine groups is 1. The predicted octanol–water partition coefficient (Wildman–Crippen LogP) is 1.72. The molecule has 1 aromatic carbocycles. The van der Waals surface area contributed by atoms with E-state index in [9.17, 15) is 4.79 Å². The summed E-state index contributed by atoms with van der Waals surface area (Å²) in [7, 11) is 1.37. The summed E-state index contributed by atoms with van der Waals surface area (Å²) < 4.78 is 4.65. The molecule has 0 saturated heterocycles. The quantitative estimate of drug-likeness (QED) is 0.499. The van der Waals surface area contributed by atoms with Crippen LogP contribution in [0.4, 0.5) is 0 Å². The van der Waals surface area contributed by atoms with E-state index >= 15 is 0 Å². The lowest BCUT2D eigenvalue weighted by Gasteiger charge is -2.20. The number of aliphatic imine (C=N–C) groups is 1. The number of nitrogens with zero attached hydrogens (tertiary/aromatic N) is 1. The lowest BCUT2D eigenvalue weighted by Crippen LogP contribution is -2.45. The Bertz CT molecular complexity index is 473. The molecule has 1 rings (SSSR count). The lowest BCUT2D eigenvalue weighted by molar-refractivity contribution is 0.0600. The zero-order valence-electron chi connectivity index (χ0n) is 12.6. The van der Waals surface area contributed by atoms with Crippen LogP contribution in [0.25, 0.3) is 0 Å². The number of methoxy groups -OCH3 is 1. The largest absolute Gasteiger partial charge is 0.465 e. The van der Waals surface area contributed by atoms with Gasteiger partial charge in [-0.2, -0.15) is 0 Å². The highest BCUT2D eigenvalue weighted by atomic mass is 16.5. The highest BCUT2D eigenvalue weighted by Crippen LogP contribution is 2.06. The van der Waals surface area contributed by atoms with E-state index in [0.717, 1.165) is 12.0 Å². The first-order chi connectivity index (χ1) is 9.31. The van der Waals surface area contributed by atoms with Crippen molar-refractivity contribution >= 4 is 11.9 Å². The van der Waals surface area contributed by atoms with Crippen molar-refractivity contribution in [1.29, 1.82) is 0 Å². The minimum atomic E-state index is -0.326. The molecule has 0 bridgehead atoms. The van der Waals surface area contributed by atoms with Gasteiger partial charge in [-0.3, -0.25) is 4.99 Å². The number of ether oxygens (including phenoxy) is 1. The topological polar surface area (TPSA) is 76.7 Å². The number of rotatable bonds is 4. The molecular weight excluding hydrogens is 254 g/mol. The van der Waals surface area contributed by atoms with Crippen LogP contribution in [0.3, 0.4) is 0 Å². The predicted molar refractivity (Wildman–Crippen MR) is 80.9 cm³/mol. The molecule has 0 radical (unpaired) electrons. The first kappa shape index (κ1) is 16.0. The molecule has 0 unspecified atom stereocenters. The van der Waals surface area contributed by atoms with Gasteiger partial charge >= 0.3 is 5.97 Å². The average Bonchev–Trinajstić information content (AvgIpc) is 2.36. The second-order valence-electron chi connectivity index (χ2n) is 5.58. The molecule has 0 aliphatic rings. The van der Waals surface area contributed by atoms with Gasteiger partial charge in [-0.05, 0) is 44.9 Å². The minimum Gasteiger partial charge on any atom is -0.465 e. The molecule has 20 heavy (non-hydrogen) atoms. The van der Waals surface area contributed by atoms with Crippen LogP contribution in [0, 0.1) is 0 Å². The zero-order chi connectivity index (χ0) is 15.2. The van der Waals surface area contributed by atoms with Crippen LogP contribution in [0.2, 0.25) is 0 Å². The lowest BCUT2D eigenvalue weighted by atomic mass is 10.1. The molecule has 1 aromatic rings. The molecule has 0 fully saturated rings. The van der Waals surface area contributed by atoms with Crippen LogP contribution < -0.4 is 11.1 Å². The molecular formula is C15H23N3O2. The van der Waals surface area contributed by atoms with Gasteiger partial charge in [-0.1, -0.05) is 12.1 Å². The second kappa shape index (κ2) is 6.93. The van der Waals surface area contributed by atoms with Gasteiger partial charge in [0.1, 0.15) is 0 Å². The Balaban J connectivity index is 2.50. The molecule has 5 heteroatoms. The third-order valence-electron chi connectivity index (χ3n) is 2.56. The number of nitrogens with two attached hydrogens (primary N) is 1. The van der Waals surface area contributed by atoms with E-state index in [2.05, 4.69) is 15.0 Å². The standard InChI is InChI=1S/C15H23N3O2/c1-15(2,3)18-14(16)17-10-9-11-5-7-12(8-6-11)13(19)20-4/h5-8H,9-10H2,1-4H3,(H3,16,17,18). The number of carbonyl (C=O) groups is 1. The minimum absolute atomic E-state index is 0.0876. The number of esters is 1. The van der Waals surface area contributed by atoms with Crippen molar-refractivity contribution in [3.8, 4) is 0 Å². The van der Waals surface area contributed by atoms with Gasteiger partial charge in [0, 0.05) is 12.1 Å². The van der Waals surface area contributed by atoms with Crippen molar-refractivity contribution in [1.82, 2.24) is 5.32 Å². The maximum atomic E-state index is 11.3. The van der Waals surface area contributed by atoms with E-state index in [-0.39, 0.29) is 11.5 Å². The van der Waals surface area contributed by atoms with E-state index in [1.165, 1.54) is 7.11 Å². The summed E-state index contributed by atoms with van der Waals surface area (Å²) in [5.74, 6) is 0.122. The van der Waals surface area contributed by atoms with Crippen LogP contribution in [0.15, 0.2) is 29.3 Å². The summed E-state index contributed by atoms with van der Waals surface area (Å²) in [6, 6.07) is 7.30. The first-order valence-electron chi connectivity index (χ1n) is 6.57. The van der Waals surface area contributed by atoms with Gasteiger partial charge in [0.15, 0.2) is 5.96 Å². The number of hydrogen-bond donors (Lipinski definition) is 2. The van der Waals surface area contributed by atoms with Gasteiger partial charge in [-0.15, -0.1) is 0 Å². The van der Waals surface area contributed by atoms with Crippen molar-refractivity contribution < 1.29 is 9.53 Å². The van der Waals surface area contributed by atoms with E-state index in [1.54, 1.807) is 12.1 Å². The van der Waals surface area contributed by atoms with Crippen LogP contribution in [-0.4, -0.2) is 31.1 Å². The SMILES string of the molecule is COC(=O)c1ccc(CCN=C(N)NC(C)(C)C)cc1. The smallest absolute Gasteiger partial charge is 0.337 e. The molecule has 0 heterocycles. The molecule has 0 amide bonds. The highest BCUT2D eigenvalue weighted by molar-refractivity contribution is 5.89. The van der Waals surface area contributed by atoms with Gasteiger partial charge in [-0.25, -0.2) is 4.79 Å². The first-order valence-corrected chi connectivity index (χ1v) is 6.57. The number of nitrogens with one attached hydrogen (secondary N) is 1. The van der Waals surface area contributed by atoms with E-state index < -0.39 is 0 Å². The Hall–Kier alpha value is -2.04. The summed E-state index contributed by atoms with van der Waals surface area (Å²) in [6.45, 7) is 6.69. The number of hydrogen-bond acceptors (Lipinski definition) is 3. The fourth-order valence-corrected chi connectivity index (χ4v) is 1.65. The Kier molecular flexibility index (Phi) is 5.55. The molecule has 0 aromatic heterocycles. The fourth-order valence-electron chi connectivity index (χ4n) is 1.65. The molecule has 3 N–H and O–H groups in total. The van der Waals surface area contributed by atoms with E-state index in [0.29, 0.717) is 18.1 Å². The third kappa shape index (κ3) is 5.73. The summed E-state index contributed by atoms with van der Waals surface area (Å²) in [4.78, 5) is 15.6. The monoisotopic (exact) mass is 277 g/mol. The molecule has 0 aliphatic carbocycles. The van der Waals surface area contributed by atoms with Crippen molar-refractivity contribution in [2.75, 3.05) is 13.7 Å².